The monoisotopic (exact) mass is 448 g/mol. The molecule has 0 heterocycles. The molecule has 0 bridgehead atoms. The van der Waals surface area contributed by atoms with E-state index in [9.17, 15) is 22.9 Å². The minimum Gasteiger partial charge on any atom is -0.278 e. The van der Waals surface area contributed by atoms with Crippen LogP contribution in [0.5, 0.6) is 0 Å². The number of hydrogen-bond donors (Lipinski definition) is 2. The molecule has 30 heavy (non-hydrogen) atoms. The summed E-state index contributed by atoms with van der Waals surface area (Å²) in [6.45, 7) is 0. The van der Waals surface area contributed by atoms with Gasteiger partial charge < -0.3 is 0 Å². The number of nitro benzene ring substituents is 1. The Morgan fingerprint density at radius 1 is 1.03 bits per heavy atom. The van der Waals surface area contributed by atoms with Crippen molar-refractivity contribution in [2.75, 3.05) is 10.1 Å². The highest BCUT2D eigenvalue weighted by molar-refractivity contribution is 7.93. The molecule has 0 atom stereocenters. The summed E-state index contributed by atoms with van der Waals surface area (Å²) < 4.78 is 41.8. The first-order valence-electron chi connectivity index (χ1n) is 8.37. The third-order valence-corrected chi connectivity index (χ3v) is 5.61. The Labute approximate surface area is 176 Å². The number of non-ortho nitro benzene ring substituents is 1. The predicted octanol–water partition coefficient (Wildman–Crippen LogP) is 4.63. The highest BCUT2D eigenvalue weighted by atomic mass is 35.5. The second-order valence-corrected chi connectivity index (χ2v) is 7.97. The molecule has 0 aliphatic heterocycles. The van der Waals surface area contributed by atoms with Gasteiger partial charge in [-0.15, -0.1) is 0 Å². The maximum absolute atomic E-state index is 13.7. The molecule has 11 heteroatoms. The zero-order chi connectivity index (χ0) is 21.7. The van der Waals surface area contributed by atoms with Crippen molar-refractivity contribution in [3.63, 3.8) is 0 Å². The smallest absolute Gasteiger partial charge is 0.270 e. The van der Waals surface area contributed by atoms with E-state index >= 15 is 0 Å². The van der Waals surface area contributed by atoms with E-state index in [0.717, 1.165) is 18.3 Å². The van der Waals surface area contributed by atoms with Gasteiger partial charge in [0, 0.05) is 17.7 Å². The first-order chi connectivity index (χ1) is 14.3. The van der Waals surface area contributed by atoms with Crippen molar-refractivity contribution >= 4 is 44.9 Å². The molecule has 0 spiro atoms. The van der Waals surface area contributed by atoms with Gasteiger partial charge in [-0.25, -0.2) is 12.8 Å². The molecule has 0 amide bonds. The molecule has 0 unspecified atom stereocenters. The summed E-state index contributed by atoms with van der Waals surface area (Å²) >= 11 is 6.00. The fourth-order valence-electron chi connectivity index (χ4n) is 2.43. The van der Waals surface area contributed by atoms with Crippen molar-refractivity contribution < 1.29 is 17.7 Å². The lowest BCUT2D eigenvalue weighted by Gasteiger charge is -2.12. The van der Waals surface area contributed by atoms with Gasteiger partial charge in [0.05, 0.1) is 27.5 Å². The van der Waals surface area contributed by atoms with Crippen LogP contribution >= 0.6 is 11.6 Å². The lowest BCUT2D eigenvalue weighted by Crippen LogP contribution is -2.15. The molecular weight excluding hydrogens is 435 g/mol. The Kier molecular flexibility index (Phi) is 6.28. The van der Waals surface area contributed by atoms with Gasteiger partial charge >= 0.3 is 0 Å². The summed E-state index contributed by atoms with van der Waals surface area (Å²) in [5.74, 6) is -0.514. The Hall–Kier alpha value is -3.50. The molecule has 0 aliphatic rings. The Balaban J connectivity index is 1.97. The number of benzene rings is 3. The normalized spacial score (nSPS) is 11.4. The molecule has 0 aromatic heterocycles. The van der Waals surface area contributed by atoms with Crippen LogP contribution in [0.4, 0.5) is 21.5 Å². The number of para-hydroxylation sites is 1. The quantitative estimate of drug-likeness (QED) is 0.310. The van der Waals surface area contributed by atoms with Crippen molar-refractivity contribution in [2.45, 2.75) is 4.90 Å². The SMILES string of the molecule is O=[N+]([O-])c1ccc(NN=Cc2ccccc2F)c(S(=O)(=O)Nc2ccccc2Cl)c1. The number of sulfonamides is 1. The average Bonchev–Trinajstić information content (AvgIpc) is 2.71. The molecular formula is C19H14ClFN4O4S. The summed E-state index contributed by atoms with van der Waals surface area (Å²) in [6, 6.07) is 15.2. The standard InChI is InChI=1S/C19H14ClFN4O4S/c20-15-6-2-4-8-17(15)24-30(28,29)19-11-14(25(26)27)9-10-18(19)23-22-12-13-5-1-3-7-16(13)21/h1-12,23-24H. The van der Waals surface area contributed by atoms with Crippen molar-refractivity contribution in [1.29, 1.82) is 0 Å². The second-order valence-electron chi connectivity index (χ2n) is 5.91. The Morgan fingerprint density at radius 3 is 2.43 bits per heavy atom. The molecule has 8 nitrogen and oxygen atoms in total. The van der Waals surface area contributed by atoms with Gasteiger partial charge in [-0.1, -0.05) is 41.9 Å². The fraction of sp³-hybridized carbons (Fsp3) is 0. The van der Waals surface area contributed by atoms with Crippen LogP contribution in [0.3, 0.4) is 0 Å². The highest BCUT2D eigenvalue weighted by Gasteiger charge is 2.23. The van der Waals surface area contributed by atoms with Crippen molar-refractivity contribution in [3.05, 3.63) is 93.2 Å². The Morgan fingerprint density at radius 2 is 1.73 bits per heavy atom. The van der Waals surface area contributed by atoms with Crippen molar-refractivity contribution in [3.8, 4) is 0 Å². The molecule has 2 N–H and O–H groups in total. The second kappa shape index (κ2) is 8.89. The molecule has 3 aromatic carbocycles. The van der Waals surface area contributed by atoms with E-state index in [4.69, 9.17) is 11.6 Å². The third-order valence-electron chi connectivity index (χ3n) is 3.88. The summed E-state index contributed by atoms with van der Waals surface area (Å²) in [5, 5.41) is 15.1. The van der Waals surface area contributed by atoms with Gasteiger partial charge in [-0.2, -0.15) is 5.10 Å². The minimum atomic E-state index is -4.28. The van der Waals surface area contributed by atoms with Gasteiger partial charge in [-0.05, 0) is 24.3 Å². The predicted molar refractivity (Wildman–Crippen MR) is 113 cm³/mol. The first kappa shape index (κ1) is 21.2. The fourth-order valence-corrected chi connectivity index (χ4v) is 3.93. The van der Waals surface area contributed by atoms with Crippen molar-refractivity contribution in [2.24, 2.45) is 5.10 Å². The van der Waals surface area contributed by atoms with Crippen LogP contribution in [0.15, 0.2) is 76.7 Å². The number of hydrazone groups is 1. The summed E-state index contributed by atoms with van der Waals surface area (Å²) in [5.41, 5.74) is 2.28. The molecule has 154 valence electrons. The number of halogens is 2. The van der Waals surface area contributed by atoms with Gasteiger partial charge in [0.2, 0.25) is 0 Å². The van der Waals surface area contributed by atoms with Crippen LogP contribution in [0.2, 0.25) is 5.02 Å². The molecule has 0 saturated carbocycles. The van der Waals surface area contributed by atoms with Crippen LogP contribution in [0.1, 0.15) is 5.56 Å². The number of nitro groups is 1. The maximum atomic E-state index is 13.7. The molecule has 0 fully saturated rings. The first-order valence-corrected chi connectivity index (χ1v) is 10.2. The third kappa shape index (κ3) is 4.91. The van der Waals surface area contributed by atoms with E-state index in [0.29, 0.717) is 0 Å². The zero-order valence-corrected chi connectivity index (χ0v) is 16.7. The lowest BCUT2D eigenvalue weighted by molar-refractivity contribution is -0.385. The largest absolute Gasteiger partial charge is 0.278 e. The van der Waals surface area contributed by atoms with Gasteiger partial charge in [0.1, 0.15) is 10.7 Å². The van der Waals surface area contributed by atoms with Crippen LogP contribution in [-0.4, -0.2) is 19.6 Å². The zero-order valence-electron chi connectivity index (χ0n) is 15.1. The molecule has 0 aliphatic carbocycles. The van der Waals surface area contributed by atoms with E-state index in [1.54, 1.807) is 18.2 Å². The van der Waals surface area contributed by atoms with Crippen LogP contribution < -0.4 is 10.1 Å². The summed E-state index contributed by atoms with van der Waals surface area (Å²) in [7, 11) is -4.28. The average molecular weight is 449 g/mol. The van der Waals surface area contributed by atoms with Crippen LogP contribution in [0.25, 0.3) is 0 Å². The van der Waals surface area contributed by atoms with Crippen LogP contribution in [-0.2, 0) is 10.0 Å². The number of rotatable bonds is 7. The minimum absolute atomic E-state index is 0.0484. The van der Waals surface area contributed by atoms with E-state index in [1.165, 1.54) is 36.4 Å². The van der Waals surface area contributed by atoms with E-state index in [1.807, 2.05) is 0 Å². The van der Waals surface area contributed by atoms with E-state index in [-0.39, 0.29) is 22.0 Å². The topological polar surface area (TPSA) is 114 Å². The summed E-state index contributed by atoms with van der Waals surface area (Å²) in [6.07, 6.45) is 1.16. The number of hydrogen-bond acceptors (Lipinski definition) is 6. The maximum Gasteiger partial charge on any atom is 0.270 e. The van der Waals surface area contributed by atoms with Gasteiger partial charge in [0.25, 0.3) is 15.7 Å². The number of nitrogens with one attached hydrogen (secondary N) is 2. The highest BCUT2D eigenvalue weighted by Crippen LogP contribution is 2.30. The molecule has 3 aromatic rings. The van der Waals surface area contributed by atoms with Crippen LogP contribution in [0, 0.1) is 15.9 Å². The Bertz CT molecular complexity index is 1230. The molecule has 0 saturated heterocycles. The number of anilines is 2. The lowest BCUT2D eigenvalue weighted by atomic mass is 10.2. The van der Waals surface area contributed by atoms with E-state index < -0.39 is 31.3 Å². The molecule has 3 rings (SSSR count). The number of nitrogens with zero attached hydrogens (tertiary/aromatic N) is 2. The van der Waals surface area contributed by atoms with Gasteiger partial charge in [0.15, 0.2) is 0 Å². The summed E-state index contributed by atoms with van der Waals surface area (Å²) in [4.78, 5) is 9.97. The van der Waals surface area contributed by atoms with Gasteiger partial charge in [-0.3, -0.25) is 20.3 Å². The van der Waals surface area contributed by atoms with Crippen molar-refractivity contribution in [1.82, 2.24) is 0 Å². The molecule has 0 radical (unpaired) electrons. The van der Waals surface area contributed by atoms with E-state index in [2.05, 4.69) is 15.2 Å².